The van der Waals surface area contributed by atoms with Crippen LogP contribution in [0.5, 0.6) is 0 Å². The lowest BCUT2D eigenvalue weighted by atomic mass is 10.1. The molecule has 0 radical (unpaired) electrons. The minimum Gasteiger partial charge on any atom is -0.322 e. The van der Waals surface area contributed by atoms with E-state index in [9.17, 15) is 4.79 Å². The Hall–Kier alpha value is -3.67. The number of carbonyl (C=O) groups is 1. The summed E-state index contributed by atoms with van der Waals surface area (Å²) >= 11 is 0. The summed E-state index contributed by atoms with van der Waals surface area (Å²) in [5, 5.41) is 8.84. The van der Waals surface area contributed by atoms with Gasteiger partial charge in [-0.25, -0.2) is 4.98 Å². The number of aromatic nitrogens is 2. The Kier molecular flexibility index (Phi) is 3.63. The molecule has 3 N–H and O–H groups in total. The molecule has 122 valence electrons. The number of hydrazone groups is 1. The molecule has 0 fully saturated rings. The molecular weight excluding hydrogens is 314 g/mol. The van der Waals surface area contributed by atoms with Crippen molar-refractivity contribution >= 4 is 33.9 Å². The van der Waals surface area contributed by atoms with E-state index < -0.39 is 0 Å². The van der Waals surface area contributed by atoms with E-state index in [1.807, 2.05) is 65.4 Å². The van der Waals surface area contributed by atoms with Crippen LogP contribution in [0.4, 0.5) is 0 Å². The number of rotatable bonds is 3. The molecule has 0 saturated heterocycles. The van der Waals surface area contributed by atoms with Crippen LogP contribution in [-0.2, 0) is 0 Å². The van der Waals surface area contributed by atoms with Crippen LogP contribution in [0, 0.1) is 0 Å². The fourth-order valence-electron chi connectivity index (χ4n) is 2.93. The number of carbonyl (C=O) groups excluding carboxylic acids is 1. The second-order valence-corrected chi connectivity index (χ2v) is 5.57. The highest BCUT2D eigenvalue weighted by Crippen LogP contribution is 2.25. The molecule has 0 unspecified atom stereocenters. The van der Waals surface area contributed by atoms with Gasteiger partial charge in [-0.1, -0.05) is 42.5 Å². The van der Waals surface area contributed by atoms with E-state index in [0.717, 1.165) is 27.5 Å². The number of benzene rings is 2. The van der Waals surface area contributed by atoms with Crippen molar-refractivity contribution in [3.05, 3.63) is 72.6 Å². The van der Waals surface area contributed by atoms with Crippen molar-refractivity contribution in [3.8, 4) is 5.82 Å². The summed E-state index contributed by atoms with van der Waals surface area (Å²) < 4.78 is 1.91. The summed E-state index contributed by atoms with van der Waals surface area (Å²) in [5.41, 5.74) is 1.44. The molecule has 6 heteroatoms. The van der Waals surface area contributed by atoms with Crippen molar-refractivity contribution in [2.75, 3.05) is 0 Å². The molecule has 2 aromatic heterocycles. The lowest BCUT2D eigenvalue weighted by Gasteiger charge is -2.05. The van der Waals surface area contributed by atoms with Crippen molar-refractivity contribution in [3.63, 3.8) is 0 Å². The van der Waals surface area contributed by atoms with Crippen molar-refractivity contribution in [1.82, 2.24) is 14.9 Å². The van der Waals surface area contributed by atoms with E-state index in [2.05, 4.69) is 15.4 Å². The average Bonchev–Trinajstić information content (AvgIpc) is 3.05. The number of nitrogens with one attached hydrogen (secondary N) is 1. The summed E-state index contributed by atoms with van der Waals surface area (Å²) in [6, 6.07) is 17.7. The Bertz CT molecular complexity index is 1110. The highest BCUT2D eigenvalue weighted by Gasteiger charge is 2.15. The van der Waals surface area contributed by atoms with Gasteiger partial charge in [0.1, 0.15) is 12.2 Å². The van der Waals surface area contributed by atoms with Crippen LogP contribution < -0.4 is 11.2 Å². The van der Waals surface area contributed by atoms with Crippen molar-refractivity contribution < 1.29 is 4.79 Å². The quantitative estimate of drug-likeness (QED) is 0.262. The topological polar surface area (TPSA) is 85.3 Å². The minimum absolute atomic E-state index is 0.273. The standard InChI is InChI=1S/C19H15N5O/c20-23-12-22-19(25)16-11-24(17-8-4-3-7-15(16)17)18-9-13-5-1-2-6-14(13)10-21-18/h1-12H,20H2,(H,22,23,25). The third-order valence-corrected chi connectivity index (χ3v) is 4.09. The normalized spacial score (nSPS) is 11.4. The van der Waals surface area contributed by atoms with Crippen molar-refractivity contribution in [2.45, 2.75) is 0 Å². The summed E-state index contributed by atoms with van der Waals surface area (Å²) in [6.07, 6.45) is 4.78. The Morgan fingerprint density at radius 2 is 1.88 bits per heavy atom. The first-order valence-corrected chi connectivity index (χ1v) is 7.76. The lowest BCUT2D eigenvalue weighted by molar-refractivity contribution is 0.0980. The summed E-state index contributed by atoms with van der Waals surface area (Å²) in [4.78, 5) is 16.9. The van der Waals surface area contributed by atoms with Gasteiger partial charge in [-0.15, -0.1) is 0 Å². The first-order valence-electron chi connectivity index (χ1n) is 7.76. The van der Waals surface area contributed by atoms with Gasteiger partial charge in [0, 0.05) is 23.2 Å². The number of amides is 1. The third kappa shape index (κ3) is 2.59. The molecule has 6 nitrogen and oxygen atoms in total. The van der Waals surface area contributed by atoms with Gasteiger partial charge in [-0.05, 0) is 17.5 Å². The van der Waals surface area contributed by atoms with E-state index in [4.69, 9.17) is 5.84 Å². The van der Waals surface area contributed by atoms with Crippen LogP contribution in [0.2, 0.25) is 0 Å². The molecular formula is C19H15N5O. The van der Waals surface area contributed by atoms with E-state index in [1.54, 1.807) is 6.20 Å². The summed E-state index contributed by atoms with van der Waals surface area (Å²) in [6.45, 7) is 0. The summed E-state index contributed by atoms with van der Waals surface area (Å²) in [5.74, 6) is 5.53. The zero-order chi connectivity index (χ0) is 17.2. The molecule has 2 aromatic carbocycles. The van der Waals surface area contributed by atoms with Gasteiger partial charge in [0.25, 0.3) is 5.91 Å². The lowest BCUT2D eigenvalue weighted by Crippen LogP contribution is -2.21. The molecule has 0 aliphatic rings. The Morgan fingerprint density at radius 3 is 2.72 bits per heavy atom. The average molecular weight is 329 g/mol. The van der Waals surface area contributed by atoms with Crippen LogP contribution in [0.1, 0.15) is 10.4 Å². The molecule has 4 aromatic rings. The zero-order valence-electron chi connectivity index (χ0n) is 13.3. The van der Waals surface area contributed by atoms with Gasteiger partial charge in [0.15, 0.2) is 0 Å². The fraction of sp³-hybridized carbons (Fsp3) is 0. The third-order valence-electron chi connectivity index (χ3n) is 4.09. The predicted octanol–water partition coefficient (Wildman–Crippen LogP) is 2.81. The minimum atomic E-state index is -0.273. The number of para-hydroxylation sites is 1. The van der Waals surface area contributed by atoms with Gasteiger partial charge in [-0.3, -0.25) is 4.79 Å². The maximum atomic E-state index is 12.4. The van der Waals surface area contributed by atoms with Crippen LogP contribution in [0.15, 0.2) is 72.1 Å². The van der Waals surface area contributed by atoms with E-state index >= 15 is 0 Å². The Balaban J connectivity index is 1.90. The van der Waals surface area contributed by atoms with E-state index in [-0.39, 0.29) is 5.91 Å². The van der Waals surface area contributed by atoms with E-state index in [1.165, 1.54) is 6.34 Å². The molecule has 25 heavy (non-hydrogen) atoms. The molecule has 2 heterocycles. The molecule has 1 amide bonds. The number of fused-ring (bicyclic) bond motifs is 2. The number of nitrogens with zero attached hydrogens (tertiary/aromatic N) is 3. The van der Waals surface area contributed by atoms with Gasteiger partial charge < -0.3 is 15.7 Å². The smallest absolute Gasteiger partial charge is 0.258 e. The first-order chi connectivity index (χ1) is 12.3. The Morgan fingerprint density at radius 1 is 1.12 bits per heavy atom. The maximum Gasteiger partial charge on any atom is 0.258 e. The largest absolute Gasteiger partial charge is 0.322 e. The van der Waals surface area contributed by atoms with Crippen molar-refractivity contribution in [2.24, 2.45) is 10.9 Å². The molecule has 0 aliphatic carbocycles. The number of hydrogen-bond acceptors (Lipinski definition) is 4. The molecule has 0 spiro atoms. The SMILES string of the molecule is N/N=C/NC(=O)c1cn(-c2cc3ccccc3cn2)c2ccccc12. The number of pyridine rings is 1. The zero-order valence-corrected chi connectivity index (χ0v) is 13.3. The molecule has 0 aliphatic heterocycles. The van der Waals surface area contributed by atoms with Crippen LogP contribution in [0.3, 0.4) is 0 Å². The highest BCUT2D eigenvalue weighted by atomic mass is 16.1. The first kappa shape index (κ1) is 14.9. The second kappa shape index (κ2) is 6.09. The van der Waals surface area contributed by atoms with E-state index in [0.29, 0.717) is 5.56 Å². The Labute approximate surface area is 143 Å². The fourth-order valence-corrected chi connectivity index (χ4v) is 2.93. The monoisotopic (exact) mass is 329 g/mol. The highest BCUT2D eigenvalue weighted by molar-refractivity contribution is 6.10. The predicted molar refractivity (Wildman–Crippen MR) is 98.7 cm³/mol. The van der Waals surface area contributed by atoms with Gasteiger partial charge in [-0.2, -0.15) is 5.10 Å². The van der Waals surface area contributed by atoms with Crippen LogP contribution >= 0.6 is 0 Å². The maximum absolute atomic E-state index is 12.4. The molecule has 0 atom stereocenters. The summed E-state index contributed by atoms with van der Waals surface area (Å²) in [7, 11) is 0. The van der Waals surface area contributed by atoms with Gasteiger partial charge in [0.2, 0.25) is 0 Å². The second-order valence-electron chi connectivity index (χ2n) is 5.57. The molecule has 0 bridgehead atoms. The number of hydrogen-bond donors (Lipinski definition) is 2. The molecule has 0 saturated carbocycles. The van der Waals surface area contributed by atoms with Gasteiger partial charge >= 0.3 is 0 Å². The van der Waals surface area contributed by atoms with Crippen molar-refractivity contribution in [1.29, 1.82) is 0 Å². The van der Waals surface area contributed by atoms with Gasteiger partial charge in [0.05, 0.1) is 11.1 Å². The number of nitrogens with two attached hydrogens (primary N) is 1. The molecule has 4 rings (SSSR count). The van der Waals surface area contributed by atoms with Crippen LogP contribution in [0.25, 0.3) is 27.5 Å². The van der Waals surface area contributed by atoms with Crippen LogP contribution in [-0.4, -0.2) is 21.8 Å².